The highest BCUT2D eigenvalue weighted by atomic mass is 79.9. The maximum Gasteiger partial charge on any atom is 0.137 e. The van der Waals surface area contributed by atoms with Crippen molar-refractivity contribution >= 4 is 32.9 Å². The number of thiazole rings is 1. The fourth-order valence-corrected chi connectivity index (χ4v) is 3.05. The minimum atomic E-state index is -0.739. The fourth-order valence-electron chi connectivity index (χ4n) is 1.64. The van der Waals surface area contributed by atoms with Crippen molar-refractivity contribution in [2.45, 2.75) is 6.10 Å². The van der Waals surface area contributed by atoms with Gasteiger partial charge in [0.05, 0.1) is 16.1 Å². The Hall–Kier alpha value is -1.24. The number of aliphatic hydroxyl groups is 1. The van der Waals surface area contributed by atoms with E-state index in [1.807, 2.05) is 35.0 Å². The molecule has 0 saturated carbocycles. The molecule has 3 heterocycles. The first-order valence-corrected chi connectivity index (χ1v) is 6.63. The van der Waals surface area contributed by atoms with Gasteiger partial charge < -0.3 is 9.51 Å². The summed E-state index contributed by atoms with van der Waals surface area (Å²) in [6, 6.07) is 5.74. The van der Waals surface area contributed by atoms with E-state index in [0.29, 0.717) is 10.3 Å². The molecule has 3 rings (SSSR count). The Balaban J connectivity index is 2.07. The SMILES string of the molecule is OC(c1cn2ccccc2n1)c1scnc1Br. The van der Waals surface area contributed by atoms with Crippen molar-refractivity contribution in [3.05, 3.63) is 51.3 Å². The predicted molar refractivity (Wildman–Crippen MR) is 69.1 cm³/mol. The van der Waals surface area contributed by atoms with Crippen molar-refractivity contribution in [1.29, 1.82) is 0 Å². The predicted octanol–water partition coefficient (Wildman–Crippen LogP) is 2.64. The molecule has 6 heteroatoms. The van der Waals surface area contributed by atoms with Crippen LogP contribution in [0.15, 0.2) is 40.7 Å². The zero-order valence-corrected chi connectivity index (χ0v) is 11.0. The molecule has 86 valence electrons. The van der Waals surface area contributed by atoms with E-state index in [4.69, 9.17) is 0 Å². The van der Waals surface area contributed by atoms with Crippen molar-refractivity contribution in [2.75, 3.05) is 0 Å². The average molecular weight is 310 g/mol. The Morgan fingerprint density at radius 3 is 3.00 bits per heavy atom. The second-order valence-electron chi connectivity index (χ2n) is 3.54. The van der Waals surface area contributed by atoms with Crippen LogP contribution in [0.25, 0.3) is 5.65 Å². The lowest BCUT2D eigenvalue weighted by Gasteiger charge is -2.04. The molecule has 0 radical (unpaired) electrons. The summed E-state index contributed by atoms with van der Waals surface area (Å²) in [6.45, 7) is 0. The standard InChI is InChI=1S/C11H8BrN3OS/c12-11-10(17-6-13-11)9(16)7-5-15-4-2-1-3-8(15)14-7/h1-6,9,16H. The van der Waals surface area contributed by atoms with Crippen LogP contribution in [0.1, 0.15) is 16.7 Å². The number of aromatic nitrogens is 3. The molecule has 3 aromatic heterocycles. The van der Waals surface area contributed by atoms with Crippen LogP contribution in [-0.2, 0) is 0 Å². The lowest BCUT2D eigenvalue weighted by molar-refractivity contribution is 0.219. The van der Waals surface area contributed by atoms with Gasteiger partial charge in [0.15, 0.2) is 0 Å². The number of pyridine rings is 1. The van der Waals surface area contributed by atoms with Crippen molar-refractivity contribution in [3.63, 3.8) is 0 Å². The smallest absolute Gasteiger partial charge is 0.137 e. The highest BCUT2D eigenvalue weighted by Gasteiger charge is 2.18. The van der Waals surface area contributed by atoms with Gasteiger partial charge >= 0.3 is 0 Å². The maximum absolute atomic E-state index is 10.2. The van der Waals surface area contributed by atoms with Gasteiger partial charge in [-0.15, -0.1) is 11.3 Å². The molecule has 3 aromatic rings. The van der Waals surface area contributed by atoms with Gasteiger partial charge in [0.2, 0.25) is 0 Å². The van der Waals surface area contributed by atoms with Gasteiger partial charge in [-0.2, -0.15) is 0 Å². The zero-order chi connectivity index (χ0) is 11.8. The van der Waals surface area contributed by atoms with E-state index < -0.39 is 6.10 Å². The second-order valence-corrected chi connectivity index (χ2v) is 5.18. The number of nitrogens with zero attached hydrogens (tertiary/aromatic N) is 3. The van der Waals surface area contributed by atoms with Crippen LogP contribution < -0.4 is 0 Å². The molecular formula is C11H8BrN3OS. The van der Waals surface area contributed by atoms with Crippen molar-refractivity contribution < 1.29 is 5.11 Å². The monoisotopic (exact) mass is 309 g/mol. The molecule has 1 unspecified atom stereocenters. The molecule has 1 atom stereocenters. The van der Waals surface area contributed by atoms with Gasteiger partial charge in [-0.3, -0.25) is 0 Å². The molecule has 0 aliphatic heterocycles. The summed E-state index contributed by atoms with van der Waals surface area (Å²) in [7, 11) is 0. The third-order valence-corrected chi connectivity index (χ3v) is 4.24. The summed E-state index contributed by atoms with van der Waals surface area (Å²) >= 11 is 4.72. The minimum absolute atomic E-state index is 0.626. The summed E-state index contributed by atoms with van der Waals surface area (Å²) in [5.74, 6) is 0. The largest absolute Gasteiger partial charge is 0.381 e. The average Bonchev–Trinajstić information content (AvgIpc) is 2.93. The van der Waals surface area contributed by atoms with Crippen molar-refractivity contribution in [2.24, 2.45) is 0 Å². The first kappa shape index (κ1) is 10.9. The van der Waals surface area contributed by atoms with E-state index >= 15 is 0 Å². The second kappa shape index (κ2) is 4.21. The maximum atomic E-state index is 10.2. The molecule has 4 nitrogen and oxygen atoms in total. The van der Waals surface area contributed by atoms with E-state index in [1.165, 1.54) is 11.3 Å². The van der Waals surface area contributed by atoms with Crippen LogP contribution in [0, 0.1) is 0 Å². The Bertz CT molecular complexity index is 630. The van der Waals surface area contributed by atoms with Gasteiger partial charge in [0.25, 0.3) is 0 Å². The van der Waals surface area contributed by atoms with E-state index in [2.05, 4.69) is 25.9 Å². The molecule has 0 fully saturated rings. The van der Waals surface area contributed by atoms with Gasteiger partial charge in [-0.05, 0) is 28.1 Å². The van der Waals surface area contributed by atoms with E-state index in [9.17, 15) is 5.11 Å². The molecule has 1 N–H and O–H groups in total. The lowest BCUT2D eigenvalue weighted by atomic mass is 10.2. The number of hydrogen-bond acceptors (Lipinski definition) is 4. The molecule has 0 amide bonds. The Morgan fingerprint density at radius 1 is 1.41 bits per heavy atom. The molecule has 0 spiro atoms. The van der Waals surface area contributed by atoms with Gasteiger partial charge in [-0.25, -0.2) is 9.97 Å². The Kier molecular flexibility index (Phi) is 2.70. The highest BCUT2D eigenvalue weighted by Crippen LogP contribution is 2.30. The van der Waals surface area contributed by atoms with Crippen LogP contribution in [0.4, 0.5) is 0 Å². The summed E-state index contributed by atoms with van der Waals surface area (Å²) in [5, 5.41) is 10.2. The van der Waals surface area contributed by atoms with E-state index in [1.54, 1.807) is 5.51 Å². The number of fused-ring (bicyclic) bond motifs is 1. The normalized spacial score (nSPS) is 13.1. The molecule has 0 aromatic carbocycles. The molecule has 0 saturated heterocycles. The van der Waals surface area contributed by atoms with E-state index in [-0.39, 0.29) is 0 Å². The fraction of sp³-hybridized carbons (Fsp3) is 0.0909. The molecule has 0 aliphatic rings. The molecule has 0 aliphatic carbocycles. The third-order valence-electron chi connectivity index (χ3n) is 2.46. The van der Waals surface area contributed by atoms with Crippen molar-refractivity contribution in [3.8, 4) is 0 Å². The third kappa shape index (κ3) is 1.88. The highest BCUT2D eigenvalue weighted by molar-refractivity contribution is 9.10. The number of imidazole rings is 1. The van der Waals surface area contributed by atoms with Gasteiger partial charge in [0, 0.05) is 12.4 Å². The quantitative estimate of drug-likeness (QED) is 0.791. The molecule has 0 bridgehead atoms. The van der Waals surface area contributed by atoms with Gasteiger partial charge in [-0.1, -0.05) is 6.07 Å². The lowest BCUT2D eigenvalue weighted by Crippen LogP contribution is -1.98. The van der Waals surface area contributed by atoms with Crippen molar-refractivity contribution in [1.82, 2.24) is 14.4 Å². The number of rotatable bonds is 2. The summed E-state index contributed by atoms with van der Waals surface area (Å²) in [4.78, 5) is 9.21. The molecule has 17 heavy (non-hydrogen) atoms. The number of hydrogen-bond donors (Lipinski definition) is 1. The van der Waals surface area contributed by atoms with E-state index in [0.717, 1.165) is 10.5 Å². The summed E-state index contributed by atoms with van der Waals surface area (Å²) < 4.78 is 2.56. The van der Waals surface area contributed by atoms with Crippen LogP contribution in [-0.4, -0.2) is 19.5 Å². The summed E-state index contributed by atoms with van der Waals surface area (Å²) in [6.07, 6.45) is 2.99. The van der Waals surface area contributed by atoms with Crippen LogP contribution in [0.3, 0.4) is 0 Å². The first-order chi connectivity index (χ1) is 8.25. The number of halogens is 1. The topological polar surface area (TPSA) is 50.4 Å². The van der Waals surface area contributed by atoms with Crippen LogP contribution >= 0.6 is 27.3 Å². The summed E-state index contributed by atoms with van der Waals surface area (Å²) in [5.41, 5.74) is 3.14. The minimum Gasteiger partial charge on any atom is -0.381 e. The Labute approximate surface area is 110 Å². The molecular weight excluding hydrogens is 302 g/mol. The number of aliphatic hydroxyl groups excluding tert-OH is 1. The zero-order valence-electron chi connectivity index (χ0n) is 8.62. The Morgan fingerprint density at radius 2 is 2.29 bits per heavy atom. The van der Waals surface area contributed by atoms with Gasteiger partial charge in [0.1, 0.15) is 16.4 Å². The van der Waals surface area contributed by atoms with Crippen LogP contribution in [0.5, 0.6) is 0 Å². The first-order valence-electron chi connectivity index (χ1n) is 4.96. The van der Waals surface area contributed by atoms with Crippen LogP contribution in [0.2, 0.25) is 0 Å².